The van der Waals surface area contributed by atoms with Gasteiger partial charge in [0.25, 0.3) is 5.91 Å². The first-order valence-electron chi connectivity index (χ1n) is 11.4. The van der Waals surface area contributed by atoms with E-state index >= 15 is 4.39 Å². The number of halogens is 2. The molecule has 8 nitrogen and oxygen atoms in total. The largest absolute Gasteiger partial charge is 0.442 e. The van der Waals surface area contributed by atoms with Gasteiger partial charge in [-0.2, -0.15) is 0 Å². The number of allylic oxidation sites excluding steroid dienone is 3. The third-order valence-corrected chi connectivity index (χ3v) is 7.18. The normalized spacial score (nSPS) is 18.6. The zero-order valence-corrected chi connectivity index (χ0v) is 21.1. The molecule has 1 atom stereocenters. The second-order valence-corrected chi connectivity index (χ2v) is 9.94. The summed E-state index contributed by atoms with van der Waals surface area (Å²) in [4.78, 5) is 30.6. The van der Waals surface area contributed by atoms with E-state index in [9.17, 15) is 9.59 Å². The SMILES string of the molecule is C=C/C=C(\C=C/N)N1CCN(c2ccc(N3C[C@H](CNC(=O)c4ccc(Cl)s4)OC3=O)cc2F)CC1. The maximum atomic E-state index is 15.1. The third kappa shape index (κ3) is 5.83. The summed E-state index contributed by atoms with van der Waals surface area (Å²) in [7, 11) is 0. The van der Waals surface area contributed by atoms with Gasteiger partial charge in [0.2, 0.25) is 0 Å². The van der Waals surface area contributed by atoms with Crippen molar-refractivity contribution in [3.8, 4) is 0 Å². The Balaban J connectivity index is 1.34. The molecule has 1 aromatic heterocycles. The molecule has 1 aromatic carbocycles. The number of nitrogens with two attached hydrogens (primary N) is 1. The maximum Gasteiger partial charge on any atom is 0.414 e. The van der Waals surface area contributed by atoms with Crippen LogP contribution in [0.3, 0.4) is 0 Å². The van der Waals surface area contributed by atoms with Gasteiger partial charge in [-0.25, -0.2) is 9.18 Å². The highest BCUT2D eigenvalue weighted by atomic mass is 35.5. The first kappa shape index (κ1) is 25.6. The Labute approximate surface area is 218 Å². The summed E-state index contributed by atoms with van der Waals surface area (Å²) in [5.74, 6) is -0.702. The molecule has 3 N–H and O–H groups in total. The Kier molecular flexibility index (Phi) is 8.17. The summed E-state index contributed by atoms with van der Waals surface area (Å²) in [6, 6.07) is 8.02. The van der Waals surface area contributed by atoms with Crippen LogP contribution in [0.15, 0.2) is 67.0 Å². The molecule has 0 bridgehead atoms. The van der Waals surface area contributed by atoms with Gasteiger partial charge in [0.05, 0.1) is 33.7 Å². The van der Waals surface area contributed by atoms with Crippen molar-refractivity contribution in [3.63, 3.8) is 0 Å². The summed E-state index contributed by atoms with van der Waals surface area (Å²) in [5, 5.41) is 2.74. The average molecular weight is 532 g/mol. The molecule has 0 spiro atoms. The van der Waals surface area contributed by atoms with Crippen LogP contribution in [0, 0.1) is 5.82 Å². The monoisotopic (exact) mass is 531 g/mol. The summed E-state index contributed by atoms with van der Waals surface area (Å²) >= 11 is 7.04. The number of piperazine rings is 1. The minimum Gasteiger partial charge on any atom is -0.442 e. The number of cyclic esters (lactones) is 1. The molecular formula is C25H27ClFN5O3S. The quantitative estimate of drug-likeness (QED) is 0.501. The number of carbonyl (C=O) groups excluding carboxylic acids is 2. The molecule has 3 heterocycles. The minimum atomic E-state index is -0.580. The predicted octanol–water partition coefficient (Wildman–Crippen LogP) is 3.96. The lowest BCUT2D eigenvalue weighted by atomic mass is 10.2. The van der Waals surface area contributed by atoms with E-state index < -0.39 is 18.0 Å². The molecule has 0 aliphatic carbocycles. The Hall–Kier alpha value is -3.50. The number of carbonyl (C=O) groups is 2. The lowest BCUT2D eigenvalue weighted by Crippen LogP contribution is -2.46. The van der Waals surface area contributed by atoms with Crippen LogP contribution >= 0.6 is 22.9 Å². The van der Waals surface area contributed by atoms with E-state index in [1.165, 1.54) is 28.5 Å². The van der Waals surface area contributed by atoms with Gasteiger partial charge in [0.1, 0.15) is 11.9 Å². The van der Waals surface area contributed by atoms with Crippen LogP contribution in [-0.2, 0) is 4.74 Å². The van der Waals surface area contributed by atoms with Gasteiger partial charge >= 0.3 is 6.09 Å². The van der Waals surface area contributed by atoms with Crippen molar-refractivity contribution < 1.29 is 18.7 Å². The van der Waals surface area contributed by atoms with Gasteiger partial charge in [-0.1, -0.05) is 24.3 Å². The van der Waals surface area contributed by atoms with E-state index in [4.69, 9.17) is 22.1 Å². The molecule has 2 aliphatic rings. The molecule has 190 valence electrons. The molecule has 36 heavy (non-hydrogen) atoms. The van der Waals surface area contributed by atoms with Crippen molar-refractivity contribution >= 4 is 46.3 Å². The number of hydrogen-bond acceptors (Lipinski definition) is 7. The van der Waals surface area contributed by atoms with Crippen molar-refractivity contribution in [2.75, 3.05) is 49.1 Å². The van der Waals surface area contributed by atoms with E-state index in [0.717, 1.165) is 5.70 Å². The van der Waals surface area contributed by atoms with Gasteiger partial charge < -0.3 is 25.6 Å². The first-order valence-corrected chi connectivity index (χ1v) is 12.6. The van der Waals surface area contributed by atoms with Gasteiger partial charge in [-0.3, -0.25) is 9.69 Å². The fourth-order valence-electron chi connectivity index (χ4n) is 4.18. The smallest absolute Gasteiger partial charge is 0.414 e. The molecule has 0 unspecified atom stereocenters. The summed E-state index contributed by atoms with van der Waals surface area (Å²) in [5.41, 5.74) is 7.39. The Morgan fingerprint density at radius 1 is 1.28 bits per heavy atom. The van der Waals surface area contributed by atoms with E-state index in [2.05, 4.69) is 16.8 Å². The highest BCUT2D eigenvalue weighted by Gasteiger charge is 2.33. The van der Waals surface area contributed by atoms with Crippen molar-refractivity contribution in [2.24, 2.45) is 5.73 Å². The average Bonchev–Trinajstić information content (AvgIpc) is 3.48. The first-order chi connectivity index (χ1) is 17.4. The van der Waals surface area contributed by atoms with Crippen molar-refractivity contribution in [1.29, 1.82) is 0 Å². The second kappa shape index (κ2) is 11.5. The molecule has 2 fully saturated rings. The molecule has 11 heteroatoms. The number of nitrogens with one attached hydrogen (secondary N) is 1. The molecule has 4 rings (SSSR count). The molecule has 0 saturated carbocycles. The fourth-order valence-corrected chi connectivity index (χ4v) is 5.14. The summed E-state index contributed by atoms with van der Waals surface area (Å²) in [6.45, 7) is 6.75. The topological polar surface area (TPSA) is 91.1 Å². The highest BCUT2D eigenvalue weighted by molar-refractivity contribution is 7.18. The summed E-state index contributed by atoms with van der Waals surface area (Å²) < 4.78 is 21.0. The molecule has 2 aliphatic heterocycles. The number of nitrogens with zero attached hydrogens (tertiary/aromatic N) is 3. The van der Waals surface area contributed by atoms with E-state index in [1.54, 1.807) is 30.3 Å². The molecule has 2 amide bonds. The number of rotatable bonds is 8. The molecule has 0 radical (unpaired) electrons. The lowest BCUT2D eigenvalue weighted by Gasteiger charge is -2.38. The Morgan fingerprint density at radius 3 is 2.69 bits per heavy atom. The molecule has 2 aromatic rings. The van der Waals surface area contributed by atoms with Crippen LogP contribution < -0.4 is 20.9 Å². The number of benzene rings is 1. The zero-order chi connectivity index (χ0) is 25.7. The Bertz CT molecular complexity index is 1190. The van der Waals surface area contributed by atoms with Gasteiger partial charge in [-0.15, -0.1) is 11.3 Å². The Morgan fingerprint density at radius 2 is 2.06 bits per heavy atom. The molecule has 2 saturated heterocycles. The maximum absolute atomic E-state index is 15.1. The third-order valence-electron chi connectivity index (χ3n) is 5.95. The van der Waals surface area contributed by atoms with Gasteiger partial charge in [-0.05, 0) is 48.7 Å². The highest BCUT2D eigenvalue weighted by Crippen LogP contribution is 2.29. The van der Waals surface area contributed by atoms with Gasteiger partial charge in [0, 0.05) is 31.9 Å². The van der Waals surface area contributed by atoms with Crippen LogP contribution in [0.2, 0.25) is 4.34 Å². The second-order valence-electron chi connectivity index (χ2n) is 8.23. The zero-order valence-electron chi connectivity index (χ0n) is 19.5. The summed E-state index contributed by atoms with van der Waals surface area (Å²) in [6.07, 6.45) is 5.78. The van der Waals surface area contributed by atoms with Crippen LogP contribution in [0.25, 0.3) is 0 Å². The number of ether oxygens (including phenoxy) is 1. The van der Waals surface area contributed by atoms with Crippen LogP contribution in [-0.4, -0.2) is 62.3 Å². The minimum absolute atomic E-state index is 0.142. The molecular weight excluding hydrogens is 505 g/mol. The van der Waals surface area contributed by atoms with E-state index in [-0.39, 0.29) is 19.0 Å². The van der Waals surface area contributed by atoms with Crippen molar-refractivity contribution in [1.82, 2.24) is 10.2 Å². The number of amides is 2. The van der Waals surface area contributed by atoms with E-state index in [1.807, 2.05) is 17.1 Å². The number of hydrogen-bond donors (Lipinski definition) is 2. The van der Waals surface area contributed by atoms with Crippen LogP contribution in [0.1, 0.15) is 9.67 Å². The van der Waals surface area contributed by atoms with Crippen molar-refractivity contribution in [3.05, 3.63) is 82.1 Å². The van der Waals surface area contributed by atoms with Crippen LogP contribution in [0.5, 0.6) is 0 Å². The standard InChI is InChI=1S/C25H27ClFN5O3S/c1-2-3-17(8-9-28)30-10-12-31(13-11-30)21-5-4-18(14-20(21)27)32-16-19(35-25(32)34)15-29-24(33)22-6-7-23(26)36-22/h2-9,14,19H,1,10-13,15-16,28H2,(H,29,33)/b9-8-,17-3+/t19-/m0/s1. The lowest BCUT2D eigenvalue weighted by molar-refractivity contribution is 0.0920. The van der Waals surface area contributed by atoms with Crippen LogP contribution in [0.4, 0.5) is 20.6 Å². The van der Waals surface area contributed by atoms with E-state index in [0.29, 0.717) is 46.8 Å². The van der Waals surface area contributed by atoms with Crippen molar-refractivity contribution in [2.45, 2.75) is 6.10 Å². The fraction of sp³-hybridized carbons (Fsp3) is 0.280. The predicted molar refractivity (Wildman–Crippen MR) is 141 cm³/mol. The van der Waals surface area contributed by atoms with Gasteiger partial charge in [0.15, 0.2) is 0 Å². The number of anilines is 2. The number of thiophene rings is 1.